The smallest absolute Gasteiger partial charge is 0.148 e. The van der Waals surface area contributed by atoms with Gasteiger partial charge < -0.3 is 5.32 Å². The second-order valence-electron chi connectivity index (χ2n) is 6.74. The lowest BCUT2D eigenvalue weighted by Crippen LogP contribution is -2.51. The van der Waals surface area contributed by atoms with Crippen LogP contribution in [0.3, 0.4) is 0 Å². The van der Waals surface area contributed by atoms with Gasteiger partial charge in [-0.05, 0) is 61.7 Å². The molecule has 0 amide bonds. The number of hydrogen-bond donors (Lipinski definition) is 1. The predicted octanol–water partition coefficient (Wildman–Crippen LogP) is 1.99. The van der Waals surface area contributed by atoms with E-state index >= 15 is 0 Å². The van der Waals surface area contributed by atoms with E-state index in [0.29, 0.717) is 18.4 Å². The highest BCUT2D eigenvalue weighted by Crippen LogP contribution is 2.57. The fraction of sp³-hybridized carbons (Fsp3) is 0.929. The average molecular weight is 219 g/mol. The minimum absolute atomic E-state index is 0.443. The van der Waals surface area contributed by atoms with Gasteiger partial charge in [-0.15, -0.1) is 0 Å². The number of carbonyl (C=O) groups excluding carboxylic acids is 1. The second-order valence-corrected chi connectivity index (χ2v) is 6.74. The molecule has 1 unspecified atom stereocenters. The van der Waals surface area contributed by atoms with Crippen LogP contribution in [-0.4, -0.2) is 18.4 Å². The van der Waals surface area contributed by atoms with E-state index in [1.807, 2.05) is 0 Å². The first kappa shape index (κ1) is 9.64. The first-order valence-electron chi connectivity index (χ1n) is 7.04. The van der Waals surface area contributed by atoms with E-state index in [1.165, 1.54) is 32.1 Å². The third-order valence-corrected chi connectivity index (χ3v) is 5.77. The molecule has 5 aliphatic rings. The fourth-order valence-electron chi connectivity index (χ4n) is 5.53. The average Bonchev–Trinajstić information content (AvgIpc) is 2.63. The van der Waals surface area contributed by atoms with E-state index in [4.69, 9.17) is 0 Å². The summed E-state index contributed by atoms with van der Waals surface area (Å²) >= 11 is 0. The van der Waals surface area contributed by atoms with Crippen molar-refractivity contribution in [2.24, 2.45) is 29.6 Å². The molecule has 1 saturated heterocycles. The summed E-state index contributed by atoms with van der Waals surface area (Å²) in [5.41, 5.74) is 0. The van der Waals surface area contributed by atoms with E-state index in [9.17, 15) is 4.79 Å². The molecule has 1 aliphatic heterocycles. The zero-order valence-corrected chi connectivity index (χ0v) is 9.82. The van der Waals surface area contributed by atoms with Crippen LogP contribution in [0.15, 0.2) is 0 Å². The van der Waals surface area contributed by atoms with Crippen LogP contribution >= 0.6 is 0 Å². The maximum atomic E-state index is 11.4. The molecule has 4 aliphatic carbocycles. The van der Waals surface area contributed by atoms with Crippen molar-refractivity contribution in [2.75, 3.05) is 6.54 Å². The minimum atomic E-state index is 0.443. The number of rotatable bonds is 1. The molecule has 0 spiro atoms. The van der Waals surface area contributed by atoms with E-state index in [-0.39, 0.29) is 0 Å². The Labute approximate surface area is 97.2 Å². The van der Waals surface area contributed by atoms with Crippen LogP contribution < -0.4 is 5.32 Å². The molecule has 4 bridgehead atoms. The number of hydrogen-bond acceptors (Lipinski definition) is 2. The standard InChI is InChI=1S/C14H21NO/c16-12-6-13(15-7-12)14-10-2-8-1-9(4-10)5-11(14)3-8/h8-11,13-15H,1-7H2. The number of Topliss-reactive ketones (excluding diaryl/α,β-unsaturated/α-hetero) is 1. The molecule has 5 fully saturated rings. The second kappa shape index (κ2) is 3.32. The van der Waals surface area contributed by atoms with Crippen molar-refractivity contribution in [2.45, 2.75) is 44.6 Å². The van der Waals surface area contributed by atoms with Crippen LogP contribution in [0, 0.1) is 29.6 Å². The Morgan fingerprint density at radius 3 is 2.06 bits per heavy atom. The molecular weight excluding hydrogens is 198 g/mol. The third-order valence-electron chi connectivity index (χ3n) is 5.77. The quantitative estimate of drug-likeness (QED) is 0.730. The summed E-state index contributed by atoms with van der Waals surface area (Å²) in [5, 5.41) is 3.48. The molecule has 0 aromatic carbocycles. The SMILES string of the molecule is O=C1CNC(C2C3CC4CC(C3)CC2C4)C1. The first-order valence-corrected chi connectivity index (χ1v) is 7.04. The monoisotopic (exact) mass is 219 g/mol. The molecule has 5 rings (SSSR count). The van der Waals surface area contributed by atoms with E-state index in [0.717, 1.165) is 36.0 Å². The van der Waals surface area contributed by atoms with Gasteiger partial charge in [0.15, 0.2) is 0 Å². The number of ketones is 1. The van der Waals surface area contributed by atoms with Gasteiger partial charge in [-0.1, -0.05) is 0 Å². The Hall–Kier alpha value is -0.370. The number of nitrogens with one attached hydrogen (secondary N) is 1. The normalized spacial score (nSPS) is 54.9. The van der Waals surface area contributed by atoms with Gasteiger partial charge in [0, 0.05) is 12.5 Å². The Morgan fingerprint density at radius 1 is 0.938 bits per heavy atom. The van der Waals surface area contributed by atoms with Gasteiger partial charge in [0.25, 0.3) is 0 Å². The van der Waals surface area contributed by atoms with Crippen molar-refractivity contribution in [1.82, 2.24) is 5.32 Å². The summed E-state index contributed by atoms with van der Waals surface area (Å²) in [6.07, 6.45) is 8.26. The summed E-state index contributed by atoms with van der Waals surface area (Å²) < 4.78 is 0. The molecule has 0 aromatic heterocycles. The van der Waals surface area contributed by atoms with Crippen LogP contribution in [0.5, 0.6) is 0 Å². The summed E-state index contributed by atoms with van der Waals surface area (Å²) in [6.45, 7) is 0.646. The zero-order valence-electron chi connectivity index (χ0n) is 9.82. The molecule has 1 N–H and O–H groups in total. The molecule has 1 heterocycles. The molecule has 0 aromatic rings. The Morgan fingerprint density at radius 2 is 1.56 bits per heavy atom. The van der Waals surface area contributed by atoms with Crippen LogP contribution in [0.2, 0.25) is 0 Å². The van der Waals surface area contributed by atoms with Crippen molar-refractivity contribution in [1.29, 1.82) is 0 Å². The van der Waals surface area contributed by atoms with E-state index in [2.05, 4.69) is 5.32 Å². The van der Waals surface area contributed by atoms with Crippen molar-refractivity contribution in [3.8, 4) is 0 Å². The Bertz CT molecular complexity index is 297. The lowest BCUT2D eigenvalue weighted by atomic mass is 9.50. The third kappa shape index (κ3) is 1.32. The van der Waals surface area contributed by atoms with E-state index in [1.54, 1.807) is 0 Å². The van der Waals surface area contributed by atoms with Crippen molar-refractivity contribution in [3.05, 3.63) is 0 Å². The van der Waals surface area contributed by atoms with Crippen LogP contribution in [0.25, 0.3) is 0 Å². The molecule has 2 nitrogen and oxygen atoms in total. The van der Waals surface area contributed by atoms with E-state index < -0.39 is 0 Å². The maximum absolute atomic E-state index is 11.4. The lowest BCUT2D eigenvalue weighted by molar-refractivity contribution is -0.116. The Balaban J connectivity index is 1.58. The molecule has 88 valence electrons. The van der Waals surface area contributed by atoms with Gasteiger partial charge in [-0.25, -0.2) is 0 Å². The lowest BCUT2D eigenvalue weighted by Gasteiger charge is -2.56. The molecule has 2 heteroatoms. The largest absolute Gasteiger partial charge is 0.306 e. The van der Waals surface area contributed by atoms with Gasteiger partial charge >= 0.3 is 0 Å². The highest BCUT2D eigenvalue weighted by atomic mass is 16.1. The summed E-state index contributed by atoms with van der Waals surface area (Å²) in [6, 6.07) is 0.544. The van der Waals surface area contributed by atoms with Gasteiger partial charge in [-0.2, -0.15) is 0 Å². The van der Waals surface area contributed by atoms with Gasteiger partial charge in [0.1, 0.15) is 5.78 Å². The van der Waals surface area contributed by atoms with Gasteiger partial charge in [0.2, 0.25) is 0 Å². The van der Waals surface area contributed by atoms with Crippen molar-refractivity contribution >= 4 is 5.78 Å². The Kier molecular flexibility index (Phi) is 2.00. The van der Waals surface area contributed by atoms with Gasteiger partial charge in [0.05, 0.1) is 6.54 Å². The molecule has 16 heavy (non-hydrogen) atoms. The molecule has 0 radical (unpaired) electrons. The van der Waals surface area contributed by atoms with Crippen molar-refractivity contribution in [3.63, 3.8) is 0 Å². The summed E-state index contributed by atoms with van der Waals surface area (Å²) in [7, 11) is 0. The highest BCUT2D eigenvalue weighted by Gasteiger charge is 2.51. The molecule has 1 atom stereocenters. The van der Waals surface area contributed by atoms with Crippen LogP contribution in [0.4, 0.5) is 0 Å². The zero-order chi connectivity index (χ0) is 10.7. The minimum Gasteiger partial charge on any atom is -0.306 e. The predicted molar refractivity (Wildman–Crippen MR) is 61.9 cm³/mol. The highest BCUT2D eigenvalue weighted by molar-refractivity contribution is 5.83. The summed E-state index contributed by atoms with van der Waals surface area (Å²) in [5.74, 6) is 5.31. The van der Waals surface area contributed by atoms with Crippen LogP contribution in [-0.2, 0) is 4.79 Å². The molecule has 4 saturated carbocycles. The van der Waals surface area contributed by atoms with Crippen LogP contribution in [0.1, 0.15) is 38.5 Å². The van der Waals surface area contributed by atoms with Crippen molar-refractivity contribution < 1.29 is 4.79 Å². The van der Waals surface area contributed by atoms with Gasteiger partial charge in [-0.3, -0.25) is 4.79 Å². The maximum Gasteiger partial charge on any atom is 0.148 e. The first-order chi connectivity index (χ1) is 7.79. The topological polar surface area (TPSA) is 29.1 Å². The fourth-order valence-corrected chi connectivity index (χ4v) is 5.53. The summed E-state index contributed by atoms with van der Waals surface area (Å²) in [4.78, 5) is 11.4. The number of carbonyl (C=O) groups is 1. The molecular formula is C14H21NO.